The molecule has 0 bridgehead atoms. The Morgan fingerprint density at radius 2 is 1.50 bits per heavy atom. The topological polar surface area (TPSA) is 57.5 Å². The predicted molar refractivity (Wildman–Crippen MR) is 92.8 cm³/mol. The fraction of sp³-hybridized carbons (Fsp3) is 0.947. The molecule has 0 aromatic heterocycles. The van der Waals surface area contributed by atoms with Crippen LogP contribution in [0, 0.1) is 28.1 Å². The van der Waals surface area contributed by atoms with Crippen molar-refractivity contribution in [2.45, 2.75) is 87.7 Å². The third kappa shape index (κ3) is 5.91. The number of aliphatic hydroxyl groups excluding tert-OH is 1. The highest BCUT2D eigenvalue weighted by molar-refractivity contribution is 5.71. The van der Waals surface area contributed by atoms with Crippen molar-refractivity contribution in [1.82, 2.24) is 0 Å². The number of hydrogen-bond acceptors (Lipinski definition) is 2. The van der Waals surface area contributed by atoms with Crippen molar-refractivity contribution in [3.05, 3.63) is 0 Å². The van der Waals surface area contributed by atoms with Gasteiger partial charge >= 0.3 is 5.97 Å². The molecular weight excluding hydrogens is 276 g/mol. The summed E-state index contributed by atoms with van der Waals surface area (Å²) in [5.41, 5.74) is -0.515. The first-order valence-corrected chi connectivity index (χ1v) is 8.56. The quantitative estimate of drug-likeness (QED) is 0.665. The highest BCUT2D eigenvalue weighted by atomic mass is 16.4. The highest BCUT2D eigenvalue weighted by Crippen LogP contribution is 2.45. The Balaban J connectivity index is 5.23. The maximum Gasteiger partial charge on any atom is 0.307 e. The van der Waals surface area contributed by atoms with Crippen molar-refractivity contribution in [3.8, 4) is 0 Å². The SMILES string of the molecule is CCC(C)(C)CC(C(=O)O)C(C)(C)C(C)CC(O)C(C)(C)C. The molecule has 0 aliphatic rings. The molecule has 0 aromatic carbocycles. The number of aliphatic hydroxyl groups is 1. The van der Waals surface area contributed by atoms with Crippen LogP contribution in [0.15, 0.2) is 0 Å². The lowest BCUT2D eigenvalue weighted by atomic mass is 9.62. The van der Waals surface area contributed by atoms with Crippen LogP contribution in [0.5, 0.6) is 0 Å². The van der Waals surface area contributed by atoms with E-state index in [1.807, 2.05) is 34.6 Å². The molecule has 0 amide bonds. The van der Waals surface area contributed by atoms with Gasteiger partial charge in [-0.25, -0.2) is 0 Å². The zero-order chi connectivity index (χ0) is 17.9. The fourth-order valence-electron chi connectivity index (χ4n) is 2.70. The largest absolute Gasteiger partial charge is 0.481 e. The summed E-state index contributed by atoms with van der Waals surface area (Å²) in [6.45, 7) is 18.6. The lowest BCUT2D eigenvalue weighted by molar-refractivity contribution is -0.150. The smallest absolute Gasteiger partial charge is 0.307 e. The van der Waals surface area contributed by atoms with Crippen LogP contribution in [0.4, 0.5) is 0 Å². The van der Waals surface area contributed by atoms with E-state index in [-0.39, 0.29) is 22.2 Å². The minimum absolute atomic E-state index is 0.0166. The molecule has 0 aliphatic heterocycles. The van der Waals surface area contributed by atoms with E-state index in [4.69, 9.17) is 0 Å². The van der Waals surface area contributed by atoms with Gasteiger partial charge in [0.05, 0.1) is 12.0 Å². The van der Waals surface area contributed by atoms with E-state index in [0.717, 1.165) is 6.42 Å². The van der Waals surface area contributed by atoms with Gasteiger partial charge in [0.25, 0.3) is 0 Å². The minimum Gasteiger partial charge on any atom is -0.481 e. The molecule has 2 N–H and O–H groups in total. The first-order chi connectivity index (χ1) is 9.65. The van der Waals surface area contributed by atoms with E-state index in [2.05, 4.69) is 27.7 Å². The van der Waals surface area contributed by atoms with Gasteiger partial charge in [-0.15, -0.1) is 0 Å². The molecule has 132 valence electrons. The van der Waals surface area contributed by atoms with Gasteiger partial charge in [-0.05, 0) is 35.0 Å². The molecule has 0 aromatic rings. The predicted octanol–water partition coefficient (Wildman–Crippen LogP) is 4.97. The molecule has 3 atom stereocenters. The van der Waals surface area contributed by atoms with E-state index in [0.29, 0.717) is 12.8 Å². The van der Waals surface area contributed by atoms with E-state index in [1.54, 1.807) is 0 Å². The molecule has 0 spiro atoms. The Hall–Kier alpha value is -0.570. The summed E-state index contributed by atoms with van der Waals surface area (Å²) in [7, 11) is 0. The van der Waals surface area contributed by atoms with Gasteiger partial charge in [0.1, 0.15) is 0 Å². The third-order valence-corrected chi connectivity index (χ3v) is 5.76. The average Bonchev–Trinajstić information content (AvgIpc) is 2.34. The van der Waals surface area contributed by atoms with Crippen molar-refractivity contribution < 1.29 is 15.0 Å². The zero-order valence-electron chi connectivity index (χ0n) is 16.2. The summed E-state index contributed by atoms with van der Waals surface area (Å²) >= 11 is 0. The van der Waals surface area contributed by atoms with Gasteiger partial charge in [-0.1, -0.05) is 68.7 Å². The minimum atomic E-state index is -0.719. The average molecular weight is 315 g/mol. The van der Waals surface area contributed by atoms with Gasteiger partial charge in [-0.2, -0.15) is 0 Å². The summed E-state index contributed by atoms with van der Waals surface area (Å²) < 4.78 is 0. The lowest BCUT2D eigenvalue weighted by Gasteiger charge is -2.42. The first kappa shape index (κ1) is 21.4. The van der Waals surface area contributed by atoms with Gasteiger partial charge < -0.3 is 10.2 Å². The molecule has 0 radical (unpaired) electrons. The van der Waals surface area contributed by atoms with Crippen LogP contribution in [-0.2, 0) is 4.79 Å². The van der Waals surface area contributed by atoms with Crippen molar-refractivity contribution >= 4 is 5.97 Å². The van der Waals surface area contributed by atoms with E-state index >= 15 is 0 Å². The van der Waals surface area contributed by atoms with Gasteiger partial charge in [-0.3, -0.25) is 4.79 Å². The second-order valence-corrected chi connectivity index (χ2v) is 9.45. The van der Waals surface area contributed by atoms with Crippen LogP contribution < -0.4 is 0 Å². The molecule has 0 rings (SSSR count). The summed E-state index contributed by atoms with van der Waals surface area (Å²) in [5.74, 6) is -0.983. The molecular formula is C19H38O3. The Morgan fingerprint density at radius 3 is 1.82 bits per heavy atom. The number of carbonyl (C=O) groups is 1. The van der Waals surface area contributed by atoms with Crippen LogP contribution in [0.25, 0.3) is 0 Å². The number of aliphatic carboxylic acids is 1. The zero-order valence-corrected chi connectivity index (χ0v) is 16.2. The maximum atomic E-state index is 11.9. The van der Waals surface area contributed by atoms with Crippen LogP contribution >= 0.6 is 0 Å². The van der Waals surface area contributed by atoms with Crippen LogP contribution in [0.2, 0.25) is 0 Å². The molecule has 0 saturated carbocycles. The molecule has 3 unspecified atom stereocenters. The van der Waals surface area contributed by atoms with Gasteiger partial charge in [0.15, 0.2) is 0 Å². The molecule has 0 aliphatic carbocycles. The lowest BCUT2D eigenvalue weighted by Crippen LogP contribution is -2.41. The monoisotopic (exact) mass is 314 g/mol. The van der Waals surface area contributed by atoms with Crippen LogP contribution in [0.3, 0.4) is 0 Å². The van der Waals surface area contributed by atoms with Crippen molar-refractivity contribution in [1.29, 1.82) is 0 Å². The number of carboxylic acids is 1. The second-order valence-electron chi connectivity index (χ2n) is 9.45. The summed E-state index contributed by atoms with van der Waals surface area (Å²) in [4.78, 5) is 11.9. The molecule has 3 heteroatoms. The molecule has 22 heavy (non-hydrogen) atoms. The Morgan fingerprint density at radius 1 is 1.05 bits per heavy atom. The van der Waals surface area contributed by atoms with E-state index in [9.17, 15) is 15.0 Å². The highest BCUT2D eigenvalue weighted by Gasteiger charge is 2.43. The summed E-state index contributed by atoms with van der Waals surface area (Å²) in [5, 5.41) is 20.1. The normalized spacial score (nSPS) is 17.9. The van der Waals surface area contributed by atoms with Gasteiger partial charge in [0.2, 0.25) is 0 Å². The maximum absolute atomic E-state index is 11.9. The standard InChI is InChI=1S/C19H38O3/c1-10-18(6,7)12-14(16(21)22)19(8,9)13(2)11-15(20)17(3,4)5/h13-15,20H,10-12H2,1-9H3,(H,21,22). The molecule has 0 saturated heterocycles. The molecule has 0 fully saturated rings. The third-order valence-electron chi connectivity index (χ3n) is 5.76. The Labute approximate surface area is 137 Å². The molecule has 0 heterocycles. The number of rotatable bonds is 8. The van der Waals surface area contributed by atoms with Crippen molar-refractivity contribution in [2.24, 2.45) is 28.1 Å². The van der Waals surface area contributed by atoms with E-state index < -0.39 is 18.0 Å². The van der Waals surface area contributed by atoms with Gasteiger partial charge in [0, 0.05) is 0 Å². The molecule has 3 nitrogen and oxygen atoms in total. The fourth-order valence-corrected chi connectivity index (χ4v) is 2.70. The second kappa shape index (κ2) is 7.33. The number of carboxylic acid groups (broad SMARTS) is 1. The Bertz CT molecular complexity index is 363. The Kier molecular flexibility index (Phi) is 7.14. The van der Waals surface area contributed by atoms with E-state index in [1.165, 1.54) is 0 Å². The van der Waals surface area contributed by atoms with Crippen molar-refractivity contribution in [3.63, 3.8) is 0 Å². The summed E-state index contributed by atoms with van der Waals surface area (Å²) in [6.07, 6.45) is 1.84. The summed E-state index contributed by atoms with van der Waals surface area (Å²) in [6, 6.07) is 0. The number of hydrogen-bond donors (Lipinski definition) is 2. The van der Waals surface area contributed by atoms with Crippen LogP contribution in [-0.4, -0.2) is 22.3 Å². The van der Waals surface area contributed by atoms with Crippen LogP contribution in [0.1, 0.15) is 81.6 Å². The van der Waals surface area contributed by atoms with Crippen molar-refractivity contribution in [2.75, 3.05) is 0 Å². The first-order valence-electron chi connectivity index (χ1n) is 8.56.